The molecule has 41 heavy (non-hydrogen) atoms. The third-order valence-corrected chi connectivity index (χ3v) is 7.11. The van der Waals surface area contributed by atoms with E-state index in [1.54, 1.807) is 48.5 Å². The SMILES string of the molecule is CCCCCCCCCc1ccc(C(=O)Oc2ccc(OC(=O)c3ccc(OCCCCCCC)cc3)cc2)cc1. The van der Waals surface area contributed by atoms with Crippen molar-refractivity contribution < 1.29 is 23.8 Å². The smallest absolute Gasteiger partial charge is 0.343 e. The van der Waals surface area contributed by atoms with E-state index in [-0.39, 0.29) is 0 Å². The molecule has 0 atom stereocenters. The molecule has 0 spiro atoms. The first-order valence-electron chi connectivity index (χ1n) is 15.4. The van der Waals surface area contributed by atoms with Crippen LogP contribution in [0.3, 0.4) is 0 Å². The van der Waals surface area contributed by atoms with Crippen LogP contribution in [0.5, 0.6) is 17.2 Å². The first kappa shape index (κ1) is 31.9. The largest absolute Gasteiger partial charge is 0.494 e. The summed E-state index contributed by atoms with van der Waals surface area (Å²) >= 11 is 0. The monoisotopic (exact) mass is 558 g/mol. The molecule has 220 valence electrons. The molecule has 0 N–H and O–H groups in total. The van der Waals surface area contributed by atoms with Crippen LogP contribution in [0.4, 0.5) is 0 Å². The molecule has 0 aromatic heterocycles. The third kappa shape index (κ3) is 12.2. The van der Waals surface area contributed by atoms with E-state index in [0.29, 0.717) is 29.2 Å². The predicted octanol–water partition coefficient (Wildman–Crippen LogP) is 9.77. The van der Waals surface area contributed by atoms with Crippen LogP contribution < -0.4 is 14.2 Å². The van der Waals surface area contributed by atoms with Crippen LogP contribution in [0.15, 0.2) is 72.8 Å². The quantitative estimate of drug-likeness (QED) is 0.0832. The molecule has 0 fully saturated rings. The first-order chi connectivity index (χ1) is 20.1. The van der Waals surface area contributed by atoms with Crippen molar-refractivity contribution in [3.05, 3.63) is 89.5 Å². The Balaban J connectivity index is 1.39. The second-order valence-electron chi connectivity index (χ2n) is 10.6. The summed E-state index contributed by atoms with van der Waals surface area (Å²) in [6.07, 6.45) is 15.9. The molecule has 0 unspecified atom stereocenters. The Morgan fingerprint density at radius 2 is 0.902 bits per heavy atom. The first-order valence-corrected chi connectivity index (χ1v) is 15.4. The lowest BCUT2D eigenvalue weighted by molar-refractivity contribution is 0.0719. The van der Waals surface area contributed by atoms with E-state index in [1.165, 1.54) is 76.2 Å². The maximum atomic E-state index is 12.6. The maximum absolute atomic E-state index is 12.6. The number of ether oxygens (including phenoxy) is 3. The molecular weight excluding hydrogens is 512 g/mol. The van der Waals surface area contributed by atoms with E-state index in [0.717, 1.165) is 18.6 Å². The fourth-order valence-electron chi connectivity index (χ4n) is 4.58. The van der Waals surface area contributed by atoms with Crippen molar-refractivity contribution in [2.75, 3.05) is 6.61 Å². The highest BCUT2D eigenvalue weighted by Gasteiger charge is 2.11. The summed E-state index contributed by atoms with van der Waals surface area (Å²) in [6, 6.07) is 21.1. The number of hydrogen-bond acceptors (Lipinski definition) is 5. The summed E-state index contributed by atoms with van der Waals surface area (Å²) in [5, 5.41) is 0. The van der Waals surface area contributed by atoms with Gasteiger partial charge in [-0.05, 0) is 85.5 Å². The summed E-state index contributed by atoms with van der Waals surface area (Å²) in [5.74, 6) is 0.624. The molecule has 0 radical (unpaired) electrons. The highest BCUT2D eigenvalue weighted by molar-refractivity contribution is 5.92. The van der Waals surface area contributed by atoms with Crippen LogP contribution in [0.25, 0.3) is 0 Å². The highest BCUT2D eigenvalue weighted by Crippen LogP contribution is 2.21. The molecule has 0 aliphatic rings. The Hall–Kier alpha value is -3.60. The topological polar surface area (TPSA) is 61.8 Å². The molecule has 0 aliphatic carbocycles. The molecular formula is C36H46O5. The molecule has 3 rings (SSSR count). The summed E-state index contributed by atoms with van der Waals surface area (Å²) in [7, 11) is 0. The molecule has 0 saturated carbocycles. The van der Waals surface area contributed by atoms with Gasteiger partial charge in [0.2, 0.25) is 0 Å². The maximum Gasteiger partial charge on any atom is 0.343 e. The van der Waals surface area contributed by atoms with Crippen LogP contribution in [-0.2, 0) is 6.42 Å². The molecule has 0 aliphatic heterocycles. The van der Waals surface area contributed by atoms with Gasteiger partial charge in [0, 0.05) is 0 Å². The Labute approximate surface area is 246 Å². The fraction of sp³-hybridized carbons (Fsp3) is 0.444. The molecule has 0 heterocycles. The Morgan fingerprint density at radius 3 is 1.41 bits per heavy atom. The van der Waals surface area contributed by atoms with Crippen LogP contribution in [0, 0.1) is 0 Å². The summed E-state index contributed by atoms with van der Waals surface area (Å²) in [4.78, 5) is 25.1. The van der Waals surface area contributed by atoms with Gasteiger partial charge in [0.05, 0.1) is 17.7 Å². The van der Waals surface area contributed by atoms with Gasteiger partial charge in [-0.3, -0.25) is 0 Å². The van der Waals surface area contributed by atoms with E-state index in [1.807, 2.05) is 24.3 Å². The normalized spacial score (nSPS) is 10.8. The zero-order valence-electron chi connectivity index (χ0n) is 24.9. The van der Waals surface area contributed by atoms with Crippen molar-refractivity contribution in [2.45, 2.75) is 97.3 Å². The average molecular weight is 559 g/mol. The molecule has 0 saturated heterocycles. The van der Waals surface area contributed by atoms with E-state index >= 15 is 0 Å². The molecule has 0 amide bonds. The number of carbonyl (C=O) groups excluding carboxylic acids is 2. The van der Waals surface area contributed by atoms with E-state index < -0.39 is 11.9 Å². The Kier molecular flexibility index (Phi) is 14.6. The lowest BCUT2D eigenvalue weighted by atomic mass is 10.0. The van der Waals surface area contributed by atoms with Crippen molar-refractivity contribution in [1.29, 1.82) is 0 Å². The van der Waals surface area contributed by atoms with E-state index in [4.69, 9.17) is 14.2 Å². The minimum atomic E-state index is -0.461. The van der Waals surface area contributed by atoms with Gasteiger partial charge in [0.1, 0.15) is 17.2 Å². The number of aryl methyl sites for hydroxylation is 1. The van der Waals surface area contributed by atoms with Crippen LogP contribution >= 0.6 is 0 Å². The number of unbranched alkanes of at least 4 members (excludes halogenated alkanes) is 10. The lowest BCUT2D eigenvalue weighted by Gasteiger charge is -2.09. The average Bonchev–Trinajstić information content (AvgIpc) is 3.00. The van der Waals surface area contributed by atoms with E-state index in [9.17, 15) is 9.59 Å². The van der Waals surface area contributed by atoms with Gasteiger partial charge in [0.15, 0.2) is 0 Å². The minimum absolute atomic E-state index is 0.372. The van der Waals surface area contributed by atoms with Gasteiger partial charge in [-0.15, -0.1) is 0 Å². The number of rotatable bonds is 19. The van der Waals surface area contributed by atoms with Gasteiger partial charge in [0.25, 0.3) is 0 Å². The Bertz CT molecular complexity index is 1150. The second kappa shape index (κ2) is 18.7. The third-order valence-electron chi connectivity index (χ3n) is 7.11. The van der Waals surface area contributed by atoms with Gasteiger partial charge in [-0.1, -0.05) is 90.2 Å². The van der Waals surface area contributed by atoms with Crippen molar-refractivity contribution in [3.8, 4) is 17.2 Å². The number of hydrogen-bond donors (Lipinski definition) is 0. The van der Waals surface area contributed by atoms with Gasteiger partial charge < -0.3 is 14.2 Å². The van der Waals surface area contributed by atoms with Gasteiger partial charge >= 0.3 is 11.9 Å². The number of benzene rings is 3. The van der Waals surface area contributed by atoms with Crippen molar-refractivity contribution in [3.63, 3.8) is 0 Å². The summed E-state index contributed by atoms with van der Waals surface area (Å²) in [6.45, 7) is 5.12. The van der Waals surface area contributed by atoms with Gasteiger partial charge in [-0.2, -0.15) is 0 Å². The van der Waals surface area contributed by atoms with E-state index in [2.05, 4.69) is 13.8 Å². The second-order valence-corrected chi connectivity index (χ2v) is 10.6. The van der Waals surface area contributed by atoms with Crippen LogP contribution in [0.1, 0.15) is 117 Å². The molecule has 3 aromatic carbocycles. The summed E-state index contributed by atoms with van der Waals surface area (Å²) in [5.41, 5.74) is 2.18. The van der Waals surface area contributed by atoms with Crippen LogP contribution in [0.2, 0.25) is 0 Å². The molecule has 5 nitrogen and oxygen atoms in total. The number of carbonyl (C=O) groups is 2. The van der Waals surface area contributed by atoms with Crippen molar-refractivity contribution in [2.24, 2.45) is 0 Å². The lowest BCUT2D eigenvalue weighted by Crippen LogP contribution is -2.09. The Morgan fingerprint density at radius 1 is 0.488 bits per heavy atom. The predicted molar refractivity (Wildman–Crippen MR) is 165 cm³/mol. The molecule has 5 heteroatoms. The molecule has 0 bridgehead atoms. The zero-order chi connectivity index (χ0) is 29.1. The minimum Gasteiger partial charge on any atom is -0.494 e. The molecule has 3 aromatic rings. The zero-order valence-corrected chi connectivity index (χ0v) is 24.9. The number of esters is 2. The standard InChI is InChI=1S/C36H46O5/c1-3-5-7-9-10-11-13-15-29-16-18-30(19-17-29)35(37)40-33-24-26-34(27-25-33)41-36(38)31-20-22-32(23-21-31)39-28-14-12-8-6-4-2/h16-27H,3-15,28H2,1-2H3. The van der Waals surface area contributed by atoms with Crippen molar-refractivity contribution >= 4 is 11.9 Å². The highest BCUT2D eigenvalue weighted by atomic mass is 16.5. The fourth-order valence-corrected chi connectivity index (χ4v) is 4.58. The summed E-state index contributed by atoms with van der Waals surface area (Å²) < 4.78 is 16.7. The van der Waals surface area contributed by atoms with Crippen LogP contribution in [-0.4, -0.2) is 18.5 Å². The van der Waals surface area contributed by atoms with Gasteiger partial charge in [-0.25, -0.2) is 9.59 Å². The van der Waals surface area contributed by atoms with Crippen molar-refractivity contribution in [1.82, 2.24) is 0 Å².